The summed E-state index contributed by atoms with van der Waals surface area (Å²) in [5, 5.41) is 9.19. The van der Waals surface area contributed by atoms with Gasteiger partial charge in [0.1, 0.15) is 5.82 Å². The Kier molecular flexibility index (Phi) is 4.76. The summed E-state index contributed by atoms with van der Waals surface area (Å²) in [6, 6.07) is 13.1. The van der Waals surface area contributed by atoms with Crippen LogP contribution in [0.3, 0.4) is 0 Å². The van der Waals surface area contributed by atoms with Gasteiger partial charge in [0.25, 0.3) is 0 Å². The van der Waals surface area contributed by atoms with Gasteiger partial charge in [-0.25, -0.2) is 4.39 Å². The summed E-state index contributed by atoms with van der Waals surface area (Å²) in [6.45, 7) is 1.97. The van der Waals surface area contributed by atoms with E-state index in [1.54, 1.807) is 17.8 Å². The van der Waals surface area contributed by atoms with Gasteiger partial charge in [-0.3, -0.25) is 4.79 Å². The number of carboxylic acids is 1. The van der Waals surface area contributed by atoms with Crippen molar-refractivity contribution < 1.29 is 14.3 Å². The van der Waals surface area contributed by atoms with Crippen LogP contribution in [-0.2, 0) is 11.2 Å². The summed E-state index contributed by atoms with van der Waals surface area (Å²) in [5.41, 5.74) is 4.76. The van der Waals surface area contributed by atoms with Crippen molar-refractivity contribution in [3.05, 3.63) is 70.5 Å². The van der Waals surface area contributed by atoms with E-state index in [9.17, 15) is 14.3 Å². The summed E-state index contributed by atoms with van der Waals surface area (Å²) in [5.74, 6) is -1.10. The standard InChI is InChI=1S/C20H19FO2S/c1-12-17(9-13-3-6-15(24-2)7-4-13)16-8-5-14(21)10-19(16)18(12)11-20(22)23/h3-8,10,17H,9,11H2,1-2H3,(H,22,23). The first-order chi connectivity index (χ1) is 11.5. The van der Waals surface area contributed by atoms with E-state index in [4.69, 9.17) is 0 Å². The number of hydrogen-bond donors (Lipinski definition) is 1. The lowest BCUT2D eigenvalue weighted by Crippen LogP contribution is -2.02. The van der Waals surface area contributed by atoms with Crippen LogP contribution in [0.25, 0.3) is 5.57 Å². The molecule has 1 aliphatic carbocycles. The number of fused-ring (bicyclic) bond motifs is 1. The van der Waals surface area contributed by atoms with Crippen molar-refractivity contribution >= 4 is 23.3 Å². The first-order valence-corrected chi connectivity index (χ1v) is 9.06. The Morgan fingerprint density at radius 2 is 1.92 bits per heavy atom. The van der Waals surface area contributed by atoms with E-state index < -0.39 is 5.97 Å². The van der Waals surface area contributed by atoms with E-state index in [1.807, 2.05) is 13.2 Å². The molecule has 0 spiro atoms. The minimum atomic E-state index is -0.885. The van der Waals surface area contributed by atoms with Crippen LogP contribution >= 0.6 is 11.8 Å². The number of carboxylic acid groups (broad SMARTS) is 1. The van der Waals surface area contributed by atoms with Gasteiger partial charge in [-0.15, -0.1) is 11.8 Å². The fourth-order valence-electron chi connectivity index (χ4n) is 3.40. The fraction of sp³-hybridized carbons (Fsp3) is 0.250. The smallest absolute Gasteiger partial charge is 0.307 e. The second-order valence-electron chi connectivity index (χ2n) is 6.07. The van der Waals surface area contributed by atoms with Gasteiger partial charge < -0.3 is 5.11 Å². The zero-order valence-corrected chi connectivity index (χ0v) is 14.5. The van der Waals surface area contributed by atoms with Crippen LogP contribution in [0.5, 0.6) is 0 Å². The molecule has 2 aromatic rings. The Labute approximate surface area is 145 Å². The molecule has 0 aliphatic heterocycles. The van der Waals surface area contributed by atoms with E-state index in [0.29, 0.717) is 0 Å². The number of aliphatic carboxylic acids is 1. The predicted molar refractivity (Wildman–Crippen MR) is 95.9 cm³/mol. The minimum absolute atomic E-state index is 0.0653. The highest BCUT2D eigenvalue weighted by Gasteiger charge is 2.30. The summed E-state index contributed by atoms with van der Waals surface area (Å²) >= 11 is 1.70. The number of benzene rings is 2. The van der Waals surface area contributed by atoms with Crippen LogP contribution in [0.15, 0.2) is 52.9 Å². The van der Waals surface area contributed by atoms with Crippen molar-refractivity contribution in [2.24, 2.45) is 0 Å². The van der Waals surface area contributed by atoms with E-state index in [0.717, 1.165) is 28.7 Å². The molecule has 1 unspecified atom stereocenters. The van der Waals surface area contributed by atoms with E-state index in [1.165, 1.54) is 22.6 Å². The molecule has 0 bridgehead atoms. The molecule has 2 nitrogen and oxygen atoms in total. The Morgan fingerprint density at radius 3 is 2.54 bits per heavy atom. The number of halogens is 1. The van der Waals surface area contributed by atoms with Gasteiger partial charge in [0.15, 0.2) is 0 Å². The van der Waals surface area contributed by atoms with Crippen molar-refractivity contribution in [1.82, 2.24) is 0 Å². The minimum Gasteiger partial charge on any atom is -0.481 e. The molecule has 0 radical (unpaired) electrons. The molecule has 24 heavy (non-hydrogen) atoms. The largest absolute Gasteiger partial charge is 0.481 e. The molecule has 0 heterocycles. The van der Waals surface area contributed by atoms with Crippen LogP contribution in [0.1, 0.15) is 36.0 Å². The van der Waals surface area contributed by atoms with Gasteiger partial charge in [0.2, 0.25) is 0 Å². The monoisotopic (exact) mass is 342 g/mol. The third kappa shape index (κ3) is 3.24. The maximum atomic E-state index is 13.7. The van der Waals surface area contributed by atoms with Crippen LogP contribution in [0, 0.1) is 5.82 Å². The molecule has 1 aliphatic rings. The van der Waals surface area contributed by atoms with Gasteiger partial charge in [0, 0.05) is 10.8 Å². The predicted octanol–water partition coefficient (Wildman–Crippen LogP) is 5.14. The second-order valence-corrected chi connectivity index (χ2v) is 6.95. The Hall–Kier alpha value is -2.07. The molecule has 2 aromatic carbocycles. The van der Waals surface area contributed by atoms with Crippen LogP contribution < -0.4 is 0 Å². The molecule has 0 saturated heterocycles. The van der Waals surface area contributed by atoms with Gasteiger partial charge in [-0.1, -0.05) is 23.8 Å². The number of allylic oxidation sites excluding steroid dienone is 1. The van der Waals surface area contributed by atoms with Gasteiger partial charge in [-0.2, -0.15) is 0 Å². The van der Waals surface area contributed by atoms with Crippen LogP contribution in [-0.4, -0.2) is 17.3 Å². The lowest BCUT2D eigenvalue weighted by Gasteiger charge is -2.15. The normalized spacial score (nSPS) is 16.4. The topological polar surface area (TPSA) is 37.3 Å². The number of carbonyl (C=O) groups is 1. The third-order valence-electron chi connectivity index (χ3n) is 4.64. The quantitative estimate of drug-likeness (QED) is 0.765. The maximum Gasteiger partial charge on any atom is 0.307 e. The average Bonchev–Trinajstić information content (AvgIpc) is 2.80. The highest BCUT2D eigenvalue weighted by molar-refractivity contribution is 7.98. The molecular formula is C20H19FO2S. The molecule has 1 N–H and O–H groups in total. The van der Waals surface area contributed by atoms with Crippen molar-refractivity contribution in [1.29, 1.82) is 0 Å². The second kappa shape index (κ2) is 6.81. The van der Waals surface area contributed by atoms with Crippen LogP contribution in [0.4, 0.5) is 4.39 Å². The SMILES string of the molecule is CSc1ccc(CC2C(C)=C(CC(=O)O)c3cc(F)ccc32)cc1. The number of thioether (sulfide) groups is 1. The zero-order chi connectivity index (χ0) is 17.3. The zero-order valence-electron chi connectivity index (χ0n) is 13.7. The first-order valence-electron chi connectivity index (χ1n) is 7.83. The Balaban J connectivity index is 1.97. The van der Waals surface area contributed by atoms with Crippen molar-refractivity contribution in [2.75, 3.05) is 6.26 Å². The number of hydrogen-bond acceptors (Lipinski definition) is 2. The molecule has 1 atom stereocenters. The Bertz CT molecular complexity index is 809. The highest BCUT2D eigenvalue weighted by atomic mass is 32.2. The summed E-state index contributed by atoms with van der Waals surface area (Å²) in [7, 11) is 0. The Morgan fingerprint density at radius 1 is 1.21 bits per heavy atom. The van der Waals surface area contributed by atoms with E-state index in [-0.39, 0.29) is 18.2 Å². The lowest BCUT2D eigenvalue weighted by atomic mass is 9.90. The molecular weight excluding hydrogens is 323 g/mol. The molecule has 0 fully saturated rings. The molecule has 4 heteroatoms. The highest BCUT2D eigenvalue weighted by Crippen LogP contribution is 2.45. The lowest BCUT2D eigenvalue weighted by molar-refractivity contribution is -0.135. The third-order valence-corrected chi connectivity index (χ3v) is 5.39. The van der Waals surface area contributed by atoms with Gasteiger partial charge >= 0.3 is 5.97 Å². The van der Waals surface area contributed by atoms with Crippen LogP contribution in [0.2, 0.25) is 0 Å². The molecule has 0 saturated carbocycles. The molecule has 0 amide bonds. The summed E-state index contributed by atoms with van der Waals surface area (Å²) < 4.78 is 13.7. The van der Waals surface area contributed by atoms with Gasteiger partial charge in [-0.05, 0) is 66.1 Å². The van der Waals surface area contributed by atoms with E-state index >= 15 is 0 Å². The van der Waals surface area contributed by atoms with Crippen molar-refractivity contribution in [3.63, 3.8) is 0 Å². The average molecular weight is 342 g/mol. The number of rotatable bonds is 5. The van der Waals surface area contributed by atoms with Gasteiger partial charge in [0.05, 0.1) is 6.42 Å². The van der Waals surface area contributed by atoms with E-state index in [2.05, 4.69) is 24.3 Å². The van der Waals surface area contributed by atoms with Crippen molar-refractivity contribution in [2.45, 2.75) is 30.6 Å². The summed E-state index contributed by atoms with van der Waals surface area (Å²) in [4.78, 5) is 12.4. The first kappa shape index (κ1) is 16.8. The molecule has 124 valence electrons. The fourth-order valence-corrected chi connectivity index (χ4v) is 3.80. The molecule has 3 rings (SSSR count). The maximum absolute atomic E-state index is 13.7. The summed E-state index contributed by atoms with van der Waals surface area (Å²) in [6.07, 6.45) is 2.77. The van der Waals surface area contributed by atoms with Crippen molar-refractivity contribution in [3.8, 4) is 0 Å². The molecule has 0 aromatic heterocycles.